The Hall–Kier alpha value is -1.51. The SMILES string of the molecule is C=C(NCC1CCCCC1)c1cc(F)cc(OC)c1. The van der Waals surface area contributed by atoms with Crippen LogP contribution in [0.2, 0.25) is 0 Å². The van der Waals surface area contributed by atoms with E-state index in [2.05, 4.69) is 11.9 Å². The van der Waals surface area contributed by atoms with Crippen molar-refractivity contribution in [3.05, 3.63) is 36.2 Å². The number of rotatable bonds is 5. The highest BCUT2D eigenvalue weighted by Gasteiger charge is 2.13. The Kier molecular flexibility index (Phi) is 4.83. The number of methoxy groups -OCH3 is 1. The molecule has 3 heteroatoms. The largest absolute Gasteiger partial charge is 0.497 e. The molecule has 0 amide bonds. The average molecular weight is 263 g/mol. The molecule has 1 aliphatic carbocycles. The number of hydrogen-bond acceptors (Lipinski definition) is 2. The highest BCUT2D eigenvalue weighted by molar-refractivity contribution is 5.63. The fourth-order valence-corrected chi connectivity index (χ4v) is 2.62. The molecule has 1 aromatic rings. The van der Waals surface area contributed by atoms with Gasteiger partial charge in [0.05, 0.1) is 7.11 Å². The Morgan fingerprint density at radius 2 is 2.05 bits per heavy atom. The lowest BCUT2D eigenvalue weighted by Crippen LogP contribution is -2.23. The topological polar surface area (TPSA) is 21.3 Å². The number of halogens is 1. The molecule has 1 fully saturated rings. The smallest absolute Gasteiger partial charge is 0.127 e. The molecule has 2 nitrogen and oxygen atoms in total. The molecule has 1 saturated carbocycles. The molecule has 104 valence electrons. The number of nitrogens with one attached hydrogen (secondary N) is 1. The van der Waals surface area contributed by atoms with Crippen LogP contribution in [0.3, 0.4) is 0 Å². The standard InChI is InChI=1S/C16H22FNO/c1-12(18-11-13-6-4-3-5-7-13)14-8-15(17)10-16(9-14)19-2/h8-10,13,18H,1,3-7,11H2,2H3. The molecule has 0 bridgehead atoms. The summed E-state index contributed by atoms with van der Waals surface area (Å²) >= 11 is 0. The maximum Gasteiger partial charge on any atom is 0.127 e. The van der Waals surface area contributed by atoms with Crippen molar-refractivity contribution in [2.75, 3.05) is 13.7 Å². The van der Waals surface area contributed by atoms with Crippen molar-refractivity contribution in [1.82, 2.24) is 5.32 Å². The molecule has 19 heavy (non-hydrogen) atoms. The molecule has 0 spiro atoms. The average Bonchev–Trinajstić information content (AvgIpc) is 2.45. The summed E-state index contributed by atoms with van der Waals surface area (Å²) in [5.41, 5.74) is 1.52. The van der Waals surface area contributed by atoms with Gasteiger partial charge in [0.1, 0.15) is 11.6 Å². The lowest BCUT2D eigenvalue weighted by Gasteiger charge is -2.23. The maximum absolute atomic E-state index is 13.4. The van der Waals surface area contributed by atoms with Crippen LogP contribution in [-0.4, -0.2) is 13.7 Å². The molecule has 0 saturated heterocycles. The summed E-state index contributed by atoms with van der Waals surface area (Å²) in [5, 5.41) is 3.33. The minimum absolute atomic E-state index is 0.296. The van der Waals surface area contributed by atoms with E-state index in [4.69, 9.17) is 4.74 Å². The van der Waals surface area contributed by atoms with Gasteiger partial charge < -0.3 is 10.1 Å². The first kappa shape index (κ1) is 13.9. The summed E-state index contributed by atoms with van der Waals surface area (Å²) in [4.78, 5) is 0. The lowest BCUT2D eigenvalue weighted by atomic mass is 9.89. The third kappa shape index (κ3) is 3.98. The molecule has 0 aromatic heterocycles. The lowest BCUT2D eigenvalue weighted by molar-refractivity contribution is 0.355. The van der Waals surface area contributed by atoms with Crippen molar-refractivity contribution in [2.45, 2.75) is 32.1 Å². The summed E-state index contributed by atoms with van der Waals surface area (Å²) in [6.07, 6.45) is 6.58. The summed E-state index contributed by atoms with van der Waals surface area (Å²) in [5.74, 6) is 0.950. The Bertz CT molecular complexity index is 438. The third-order valence-electron chi connectivity index (χ3n) is 3.78. The molecule has 1 aliphatic rings. The molecule has 0 aliphatic heterocycles. The summed E-state index contributed by atoms with van der Waals surface area (Å²) in [6, 6.07) is 4.66. The minimum atomic E-state index is -0.296. The monoisotopic (exact) mass is 263 g/mol. The van der Waals surface area contributed by atoms with E-state index in [-0.39, 0.29) is 5.82 Å². The molecule has 0 radical (unpaired) electrons. The number of benzene rings is 1. The van der Waals surface area contributed by atoms with Crippen LogP contribution in [0.4, 0.5) is 4.39 Å². The van der Waals surface area contributed by atoms with Gasteiger partial charge in [-0.15, -0.1) is 0 Å². The van der Waals surface area contributed by atoms with Crippen LogP contribution < -0.4 is 10.1 Å². The zero-order valence-electron chi connectivity index (χ0n) is 11.5. The zero-order chi connectivity index (χ0) is 13.7. The van der Waals surface area contributed by atoms with E-state index in [0.29, 0.717) is 5.75 Å². The minimum Gasteiger partial charge on any atom is -0.497 e. The van der Waals surface area contributed by atoms with Crippen LogP contribution in [-0.2, 0) is 0 Å². The second-order valence-electron chi connectivity index (χ2n) is 5.24. The molecular weight excluding hydrogens is 241 g/mol. The highest BCUT2D eigenvalue weighted by Crippen LogP contribution is 2.24. The van der Waals surface area contributed by atoms with Gasteiger partial charge in [0.15, 0.2) is 0 Å². The van der Waals surface area contributed by atoms with Crippen molar-refractivity contribution in [1.29, 1.82) is 0 Å². The van der Waals surface area contributed by atoms with Gasteiger partial charge in [-0.1, -0.05) is 25.8 Å². The van der Waals surface area contributed by atoms with Crippen molar-refractivity contribution in [3.8, 4) is 5.75 Å². The van der Waals surface area contributed by atoms with Crippen molar-refractivity contribution in [2.24, 2.45) is 5.92 Å². The van der Waals surface area contributed by atoms with Gasteiger partial charge in [-0.25, -0.2) is 4.39 Å². The second-order valence-corrected chi connectivity index (χ2v) is 5.24. The number of hydrogen-bond donors (Lipinski definition) is 1. The van der Waals surface area contributed by atoms with Crippen LogP contribution in [0.15, 0.2) is 24.8 Å². The molecule has 0 heterocycles. The Balaban J connectivity index is 1.93. The molecule has 1 N–H and O–H groups in total. The normalized spacial score (nSPS) is 16.1. The van der Waals surface area contributed by atoms with Crippen molar-refractivity contribution in [3.63, 3.8) is 0 Å². The van der Waals surface area contributed by atoms with Crippen molar-refractivity contribution >= 4 is 5.70 Å². The fourth-order valence-electron chi connectivity index (χ4n) is 2.62. The van der Waals surface area contributed by atoms with Crippen LogP contribution in [0.25, 0.3) is 5.70 Å². The summed E-state index contributed by atoms with van der Waals surface area (Å²) < 4.78 is 18.5. The van der Waals surface area contributed by atoms with E-state index in [1.165, 1.54) is 51.3 Å². The second kappa shape index (κ2) is 6.60. The van der Waals surface area contributed by atoms with E-state index in [1.807, 2.05) is 0 Å². The van der Waals surface area contributed by atoms with Crippen LogP contribution in [0.5, 0.6) is 5.75 Å². The zero-order valence-corrected chi connectivity index (χ0v) is 11.5. The van der Waals surface area contributed by atoms with Gasteiger partial charge >= 0.3 is 0 Å². The number of ether oxygens (including phenoxy) is 1. The Morgan fingerprint density at radius 1 is 1.32 bits per heavy atom. The molecular formula is C16H22FNO. The predicted octanol–water partition coefficient (Wildman–Crippen LogP) is 3.97. The van der Waals surface area contributed by atoms with E-state index in [9.17, 15) is 4.39 Å². The van der Waals surface area contributed by atoms with Gasteiger partial charge in [0.25, 0.3) is 0 Å². The van der Waals surface area contributed by atoms with Gasteiger partial charge in [0, 0.05) is 23.9 Å². The third-order valence-corrected chi connectivity index (χ3v) is 3.78. The van der Waals surface area contributed by atoms with Crippen LogP contribution in [0, 0.1) is 11.7 Å². The first-order valence-corrected chi connectivity index (χ1v) is 6.97. The van der Waals surface area contributed by atoms with Gasteiger partial charge in [-0.2, -0.15) is 0 Å². The van der Waals surface area contributed by atoms with E-state index in [0.717, 1.165) is 23.7 Å². The molecule has 0 unspecified atom stereocenters. The van der Waals surface area contributed by atoms with E-state index in [1.54, 1.807) is 6.07 Å². The van der Waals surface area contributed by atoms with Crippen LogP contribution in [0.1, 0.15) is 37.7 Å². The Morgan fingerprint density at radius 3 is 2.74 bits per heavy atom. The highest BCUT2D eigenvalue weighted by atomic mass is 19.1. The van der Waals surface area contributed by atoms with Crippen molar-refractivity contribution < 1.29 is 9.13 Å². The van der Waals surface area contributed by atoms with E-state index >= 15 is 0 Å². The maximum atomic E-state index is 13.4. The molecule has 0 atom stereocenters. The quantitative estimate of drug-likeness (QED) is 0.867. The predicted molar refractivity (Wildman–Crippen MR) is 76.6 cm³/mol. The Labute approximate surface area is 114 Å². The van der Waals surface area contributed by atoms with E-state index < -0.39 is 0 Å². The molecule has 2 rings (SSSR count). The fraction of sp³-hybridized carbons (Fsp3) is 0.500. The summed E-state index contributed by atoms with van der Waals surface area (Å²) in [6.45, 7) is 4.92. The van der Waals surface area contributed by atoms with Gasteiger partial charge in [-0.05, 0) is 30.9 Å². The van der Waals surface area contributed by atoms with Gasteiger partial charge in [0.2, 0.25) is 0 Å². The first-order chi connectivity index (χ1) is 9.19. The summed E-state index contributed by atoms with van der Waals surface area (Å²) in [7, 11) is 1.54. The van der Waals surface area contributed by atoms with Crippen LogP contribution >= 0.6 is 0 Å². The van der Waals surface area contributed by atoms with Gasteiger partial charge in [-0.3, -0.25) is 0 Å². The first-order valence-electron chi connectivity index (χ1n) is 6.97. The molecule has 1 aromatic carbocycles.